The Labute approximate surface area is 173 Å². The number of hydrogen-bond acceptors (Lipinski definition) is 4. The predicted molar refractivity (Wildman–Crippen MR) is 108 cm³/mol. The zero-order valence-electron chi connectivity index (χ0n) is 17.1. The average molecular weight is 440 g/mol. The Bertz CT molecular complexity index is 1130. The largest absolute Gasteiger partial charge is 0.389 e. The molecular weight excluding hydrogens is 415 g/mol. The van der Waals surface area contributed by atoms with Crippen molar-refractivity contribution in [3.8, 4) is 0 Å². The smallest absolute Gasteiger partial charge is 0.328 e. The first-order chi connectivity index (χ1) is 13.9. The number of benzene rings is 1. The van der Waals surface area contributed by atoms with E-state index in [4.69, 9.17) is 0 Å². The molecule has 5 nitrogen and oxygen atoms in total. The molecule has 0 aliphatic rings. The minimum Gasteiger partial charge on any atom is -0.328 e. The molecule has 1 aromatic carbocycles. The van der Waals surface area contributed by atoms with E-state index in [0.717, 1.165) is 0 Å². The molecule has 0 radical (unpaired) electrons. The van der Waals surface area contributed by atoms with Crippen LogP contribution in [0.25, 0.3) is 11.0 Å². The molecule has 9 heteroatoms. The fourth-order valence-electron chi connectivity index (χ4n) is 3.32. The van der Waals surface area contributed by atoms with Gasteiger partial charge in [0, 0.05) is 30.8 Å². The van der Waals surface area contributed by atoms with E-state index < -0.39 is 22.4 Å². The van der Waals surface area contributed by atoms with Gasteiger partial charge in [0.2, 0.25) is 9.84 Å². The number of fused-ring (bicyclic) bond motifs is 1. The summed E-state index contributed by atoms with van der Waals surface area (Å²) in [4.78, 5) is 8.74. The number of rotatable bonds is 6. The maximum absolute atomic E-state index is 12.9. The van der Waals surface area contributed by atoms with Crippen molar-refractivity contribution in [3.63, 3.8) is 0 Å². The summed E-state index contributed by atoms with van der Waals surface area (Å²) in [6.07, 6.45) is -1.77. The number of hydrogen-bond donors (Lipinski definition) is 0. The van der Waals surface area contributed by atoms with Crippen LogP contribution in [0.2, 0.25) is 0 Å². The molecule has 0 saturated carbocycles. The van der Waals surface area contributed by atoms with Crippen LogP contribution in [0.1, 0.15) is 45.9 Å². The fraction of sp³-hybridized carbons (Fsp3) is 0.429. The summed E-state index contributed by atoms with van der Waals surface area (Å²) in [5.41, 5.74) is 0.860. The Morgan fingerprint density at radius 3 is 2.23 bits per heavy atom. The Kier molecular flexibility index (Phi) is 5.95. The number of sulfone groups is 1. The van der Waals surface area contributed by atoms with Crippen molar-refractivity contribution in [3.05, 3.63) is 48.5 Å². The molecule has 0 saturated heterocycles. The van der Waals surface area contributed by atoms with Crippen molar-refractivity contribution in [2.75, 3.05) is 0 Å². The van der Waals surface area contributed by atoms with Gasteiger partial charge >= 0.3 is 6.18 Å². The third-order valence-electron chi connectivity index (χ3n) is 4.75. The first-order valence-electron chi connectivity index (χ1n) is 9.62. The Hall–Kier alpha value is -2.42. The maximum Gasteiger partial charge on any atom is 0.389 e. The van der Waals surface area contributed by atoms with Crippen molar-refractivity contribution < 1.29 is 21.6 Å². The van der Waals surface area contributed by atoms with Gasteiger partial charge in [-0.15, -0.1) is 0 Å². The summed E-state index contributed by atoms with van der Waals surface area (Å²) in [5, 5.41) is 0. The monoisotopic (exact) mass is 439 g/mol. The molecule has 0 aliphatic heterocycles. The number of aromatic nitrogens is 3. The van der Waals surface area contributed by atoms with E-state index >= 15 is 0 Å². The highest BCUT2D eigenvalue weighted by Gasteiger charge is 2.27. The van der Waals surface area contributed by atoms with Crippen LogP contribution in [0.5, 0.6) is 0 Å². The van der Waals surface area contributed by atoms with Crippen LogP contribution in [0.3, 0.4) is 0 Å². The second-order valence-corrected chi connectivity index (χ2v) is 10.2. The Morgan fingerprint density at radius 1 is 0.967 bits per heavy atom. The quantitative estimate of drug-likeness (QED) is 0.489. The number of halogens is 3. The number of pyridine rings is 1. The minimum atomic E-state index is -4.17. The van der Waals surface area contributed by atoms with Crippen LogP contribution in [0.15, 0.2) is 52.5 Å². The zero-order valence-corrected chi connectivity index (χ0v) is 17.9. The second kappa shape index (κ2) is 8.02. The third-order valence-corrected chi connectivity index (χ3v) is 6.52. The van der Waals surface area contributed by atoms with Gasteiger partial charge < -0.3 is 4.57 Å². The highest BCUT2D eigenvalue weighted by molar-refractivity contribution is 7.91. The van der Waals surface area contributed by atoms with Gasteiger partial charge in [0.15, 0.2) is 0 Å². The normalized spacial score (nSPS) is 13.1. The molecule has 0 fully saturated rings. The molecule has 2 heterocycles. The molecular formula is C21H24F3N3O2S. The van der Waals surface area contributed by atoms with Crippen LogP contribution in [0.4, 0.5) is 13.2 Å². The number of unbranched alkanes of at least 4 members (excludes halogenated alkanes) is 1. The molecule has 162 valence electrons. The molecule has 3 aromatic rings. The lowest BCUT2D eigenvalue weighted by Crippen LogP contribution is -2.19. The molecule has 0 amide bonds. The van der Waals surface area contributed by atoms with Crippen LogP contribution >= 0.6 is 0 Å². The highest BCUT2D eigenvalue weighted by atomic mass is 32.2. The van der Waals surface area contributed by atoms with Crippen LogP contribution < -0.4 is 0 Å². The standard InChI is InChI=1S/C21H24F3N3O2S/c1-20(2,3)19-26-17-14-16(30(28,29)15-8-11-25-12-9-15)6-7-18(17)27(19)13-5-4-10-21(22,23)24/h6-9,11-12,14H,4-5,10,13H2,1-3H3. The van der Waals surface area contributed by atoms with E-state index in [0.29, 0.717) is 29.8 Å². The van der Waals surface area contributed by atoms with Gasteiger partial charge in [0.05, 0.1) is 20.8 Å². The van der Waals surface area contributed by atoms with Crippen LogP contribution in [0, 0.1) is 0 Å². The fourth-order valence-corrected chi connectivity index (χ4v) is 4.59. The van der Waals surface area contributed by atoms with Gasteiger partial charge in [-0.1, -0.05) is 20.8 Å². The van der Waals surface area contributed by atoms with E-state index in [1.165, 1.54) is 36.7 Å². The van der Waals surface area contributed by atoms with Crippen molar-refractivity contribution >= 4 is 20.9 Å². The molecule has 0 aliphatic carbocycles. The molecule has 0 unspecified atom stereocenters. The zero-order chi connectivity index (χ0) is 22.2. The topological polar surface area (TPSA) is 64.8 Å². The highest BCUT2D eigenvalue weighted by Crippen LogP contribution is 2.30. The van der Waals surface area contributed by atoms with Gasteiger partial charge in [-0.2, -0.15) is 13.2 Å². The van der Waals surface area contributed by atoms with E-state index in [2.05, 4.69) is 9.97 Å². The second-order valence-electron chi connectivity index (χ2n) is 8.25. The minimum absolute atomic E-state index is 0.0290. The summed E-state index contributed by atoms with van der Waals surface area (Å²) in [6, 6.07) is 7.57. The number of aryl methyl sites for hydroxylation is 1. The van der Waals surface area contributed by atoms with Crippen LogP contribution in [-0.2, 0) is 21.8 Å². The van der Waals surface area contributed by atoms with E-state index in [9.17, 15) is 21.6 Å². The number of alkyl halides is 3. The van der Waals surface area contributed by atoms with Gasteiger partial charge in [-0.3, -0.25) is 4.98 Å². The Morgan fingerprint density at radius 2 is 1.63 bits per heavy atom. The van der Waals surface area contributed by atoms with Crippen molar-refractivity contribution in [2.24, 2.45) is 0 Å². The van der Waals surface area contributed by atoms with Gasteiger partial charge in [0.1, 0.15) is 5.82 Å². The van der Waals surface area contributed by atoms with Gasteiger partial charge in [-0.25, -0.2) is 13.4 Å². The lowest BCUT2D eigenvalue weighted by atomic mass is 9.95. The first-order valence-corrected chi connectivity index (χ1v) is 11.1. The van der Waals surface area contributed by atoms with Crippen molar-refractivity contribution in [1.29, 1.82) is 0 Å². The van der Waals surface area contributed by atoms with Gasteiger partial charge in [-0.05, 0) is 43.2 Å². The molecule has 30 heavy (non-hydrogen) atoms. The Balaban J connectivity index is 1.99. The molecule has 2 aromatic heterocycles. The maximum atomic E-state index is 12.9. The van der Waals surface area contributed by atoms with E-state index in [1.807, 2.05) is 25.3 Å². The summed E-state index contributed by atoms with van der Waals surface area (Å²) in [7, 11) is -3.72. The van der Waals surface area contributed by atoms with Crippen molar-refractivity contribution in [1.82, 2.24) is 14.5 Å². The lowest BCUT2D eigenvalue weighted by Gasteiger charge is -2.20. The van der Waals surface area contributed by atoms with E-state index in [1.54, 1.807) is 6.07 Å². The lowest BCUT2D eigenvalue weighted by molar-refractivity contribution is -0.135. The number of nitrogens with zero attached hydrogens (tertiary/aromatic N) is 3. The number of imidazole rings is 1. The molecule has 0 spiro atoms. The summed E-state index contributed by atoms with van der Waals surface area (Å²) in [5.74, 6) is 0.711. The average Bonchev–Trinajstić information content (AvgIpc) is 3.03. The summed E-state index contributed by atoms with van der Waals surface area (Å²) in [6.45, 7) is 6.29. The molecule has 0 atom stereocenters. The van der Waals surface area contributed by atoms with E-state index in [-0.39, 0.29) is 21.6 Å². The summed E-state index contributed by atoms with van der Waals surface area (Å²) >= 11 is 0. The van der Waals surface area contributed by atoms with Crippen LogP contribution in [-0.4, -0.2) is 29.1 Å². The van der Waals surface area contributed by atoms with Crippen molar-refractivity contribution in [2.45, 2.75) is 68.0 Å². The predicted octanol–water partition coefficient (Wildman–Crippen LogP) is 5.29. The SMILES string of the molecule is CC(C)(C)c1nc2cc(S(=O)(=O)c3ccncc3)ccc2n1CCCCC(F)(F)F. The first kappa shape index (κ1) is 22.3. The van der Waals surface area contributed by atoms with Gasteiger partial charge in [0.25, 0.3) is 0 Å². The molecule has 0 N–H and O–H groups in total. The third kappa shape index (κ3) is 4.83. The molecule has 3 rings (SSSR count). The molecule has 0 bridgehead atoms. The summed E-state index contributed by atoms with van der Waals surface area (Å²) < 4.78 is 65.1.